The summed E-state index contributed by atoms with van der Waals surface area (Å²) in [7, 11) is 0. The van der Waals surface area contributed by atoms with Crippen LogP contribution in [0.5, 0.6) is 0 Å². The minimum absolute atomic E-state index is 0.0963. The quantitative estimate of drug-likeness (QED) is 0.462. The minimum atomic E-state index is -4.66. The smallest absolute Gasteiger partial charge is 0.383 e. The lowest BCUT2D eigenvalue weighted by Crippen LogP contribution is -2.08. The van der Waals surface area contributed by atoms with Gasteiger partial charge in [0.15, 0.2) is 5.69 Å². The molecule has 2 N–H and O–H groups in total. The van der Waals surface area contributed by atoms with Crippen molar-refractivity contribution in [3.05, 3.63) is 77.4 Å². The molecule has 0 unspecified atom stereocenters. The third-order valence-corrected chi connectivity index (χ3v) is 4.54. The summed E-state index contributed by atoms with van der Waals surface area (Å²) >= 11 is 5.97. The van der Waals surface area contributed by atoms with Crippen LogP contribution in [0.15, 0.2) is 66.7 Å². The highest BCUT2D eigenvalue weighted by atomic mass is 35.5. The lowest BCUT2D eigenvalue weighted by atomic mass is 9.97. The van der Waals surface area contributed by atoms with E-state index in [0.29, 0.717) is 21.7 Å². The van der Waals surface area contributed by atoms with Crippen molar-refractivity contribution >= 4 is 28.2 Å². The number of hydrogen-bond acceptors (Lipinski definition) is 2. The summed E-state index contributed by atoms with van der Waals surface area (Å²) in [4.78, 5) is 0. The summed E-state index contributed by atoms with van der Waals surface area (Å²) in [6.45, 7) is 0. The average Bonchev–Trinajstić information content (AvgIpc) is 2.99. The Morgan fingerprint density at radius 1 is 0.926 bits per heavy atom. The molecule has 27 heavy (non-hydrogen) atoms. The topological polar surface area (TPSA) is 43.8 Å². The Hall–Kier alpha value is -2.99. The number of anilines is 1. The second-order valence-corrected chi connectivity index (χ2v) is 6.46. The Bertz CT molecular complexity index is 1140. The molecule has 0 aliphatic carbocycles. The fourth-order valence-electron chi connectivity index (χ4n) is 3.14. The predicted octanol–water partition coefficient (Wildman–Crippen LogP) is 5.95. The number of alkyl halides is 3. The molecule has 3 nitrogen and oxygen atoms in total. The first-order chi connectivity index (χ1) is 12.9. The molecule has 0 aliphatic rings. The summed E-state index contributed by atoms with van der Waals surface area (Å²) in [6, 6.07) is 18.7. The van der Waals surface area contributed by atoms with Crippen molar-refractivity contribution in [1.82, 2.24) is 9.78 Å². The van der Waals surface area contributed by atoms with Gasteiger partial charge in [-0.3, -0.25) is 0 Å². The minimum Gasteiger partial charge on any atom is -0.383 e. The molecule has 0 saturated carbocycles. The van der Waals surface area contributed by atoms with E-state index in [4.69, 9.17) is 17.3 Å². The van der Waals surface area contributed by atoms with Crippen LogP contribution >= 0.6 is 11.6 Å². The van der Waals surface area contributed by atoms with Crippen LogP contribution in [0.25, 0.3) is 27.6 Å². The van der Waals surface area contributed by atoms with Crippen molar-refractivity contribution in [2.24, 2.45) is 0 Å². The Morgan fingerprint density at radius 3 is 2.37 bits per heavy atom. The van der Waals surface area contributed by atoms with Gasteiger partial charge in [-0.2, -0.15) is 18.3 Å². The van der Waals surface area contributed by atoms with E-state index in [1.165, 1.54) is 6.07 Å². The van der Waals surface area contributed by atoms with Gasteiger partial charge in [-0.15, -0.1) is 0 Å². The van der Waals surface area contributed by atoms with Crippen LogP contribution in [0.2, 0.25) is 5.02 Å². The molecule has 0 amide bonds. The van der Waals surface area contributed by atoms with Crippen molar-refractivity contribution in [1.29, 1.82) is 0 Å². The number of benzene rings is 3. The summed E-state index contributed by atoms with van der Waals surface area (Å²) in [5, 5.41) is 5.65. The number of hydrogen-bond donors (Lipinski definition) is 1. The van der Waals surface area contributed by atoms with Crippen molar-refractivity contribution in [3.63, 3.8) is 0 Å². The average molecular weight is 388 g/mol. The molecule has 0 spiro atoms. The van der Waals surface area contributed by atoms with Crippen LogP contribution in [0, 0.1) is 0 Å². The lowest BCUT2D eigenvalue weighted by molar-refractivity contribution is -0.140. The number of fused-ring (bicyclic) bond motifs is 1. The molecule has 7 heteroatoms. The van der Waals surface area contributed by atoms with Gasteiger partial charge in [-0.05, 0) is 34.5 Å². The lowest BCUT2D eigenvalue weighted by Gasteiger charge is -2.10. The molecule has 0 radical (unpaired) electrons. The maximum atomic E-state index is 13.8. The van der Waals surface area contributed by atoms with Crippen molar-refractivity contribution in [2.45, 2.75) is 6.18 Å². The fraction of sp³-hybridized carbons (Fsp3) is 0.0500. The predicted molar refractivity (Wildman–Crippen MR) is 101 cm³/mol. The van der Waals surface area contributed by atoms with Gasteiger partial charge in [-0.1, -0.05) is 60.1 Å². The van der Waals surface area contributed by atoms with Crippen LogP contribution in [0.3, 0.4) is 0 Å². The first kappa shape index (κ1) is 17.4. The molecule has 1 aromatic heterocycles. The van der Waals surface area contributed by atoms with Gasteiger partial charge in [0.25, 0.3) is 0 Å². The number of nitrogen functional groups attached to an aromatic ring is 1. The van der Waals surface area contributed by atoms with E-state index < -0.39 is 11.9 Å². The molecule has 0 fully saturated rings. The van der Waals surface area contributed by atoms with E-state index >= 15 is 0 Å². The van der Waals surface area contributed by atoms with Gasteiger partial charge in [0.1, 0.15) is 5.82 Å². The molecule has 4 rings (SSSR count). The molecule has 136 valence electrons. The van der Waals surface area contributed by atoms with Crippen molar-refractivity contribution in [2.75, 3.05) is 5.73 Å². The zero-order valence-corrected chi connectivity index (χ0v) is 14.6. The number of aromatic nitrogens is 2. The van der Waals surface area contributed by atoms with Crippen LogP contribution in [0.1, 0.15) is 5.69 Å². The molecule has 0 atom stereocenters. The van der Waals surface area contributed by atoms with E-state index in [0.717, 1.165) is 10.1 Å². The fourth-order valence-corrected chi connectivity index (χ4v) is 3.33. The second-order valence-electron chi connectivity index (χ2n) is 6.02. The molecule has 4 aromatic rings. The Balaban J connectivity index is 2.05. The summed E-state index contributed by atoms with van der Waals surface area (Å²) < 4.78 is 42.4. The number of halogens is 4. The van der Waals surface area contributed by atoms with Crippen LogP contribution in [0.4, 0.5) is 19.0 Å². The Kier molecular flexibility index (Phi) is 4.08. The van der Waals surface area contributed by atoms with Gasteiger partial charge in [0.2, 0.25) is 0 Å². The second kappa shape index (κ2) is 6.32. The summed E-state index contributed by atoms with van der Waals surface area (Å²) in [6.07, 6.45) is -4.66. The van der Waals surface area contributed by atoms with Gasteiger partial charge < -0.3 is 5.73 Å². The molecule has 0 bridgehead atoms. The molecular weight excluding hydrogens is 375 g/mol. The van der Waals surface area contributed by atoms with E-state index in [-0.39, 0.29) is 11.4 Å². The van der Waals surface area contributed by atoms with Crippen LogP contribution < -0.4 is 5.73 Å². The van der Waals surface area contributed by atoms with Gasteiger partial charge in [-0.25, -0.2) is 4.68 Å². The first-order valence-corrected chi connectivity index (χ1v) is 8.44. The Labute approximate surface area is 157 Å². The van der Waals surface area contributed by atoms with E-state index in [1.54, 1.807) is 42.5 Å². The third kappa shape index (κ3) is 3.02. The van der Waals surface area contributed by atoms with Crippen LogP contribution in [-0.4, -0.2) is 9.78 Å². The maximum absolute atomic E-state index is 13.8. The number of nitrogens with zero attached hydrogens (tertiary/aromatic N) is 2. The zero-order chi connectivity index (χ0) is 19.2. The van der Waals surface area contributed by atoms with Crippen LogP contribution in [-0.2, 0) is 6.18 Å². The molecule has 3 aromatic carbocycles. The largest absolute Gasteiger partial charge is 0.435 e. The number of nitrogens with two attached hydrogens (primary N) is 1. The molecule has 0 saturated heterocycles. The summed E-state index contributed by atoms with van der Waals surface area (Å²) in [5.74, 6) is -0.0963. The first-order valence-electron chi connectivity index (χ1n) is 8.06. The standard InChI is InChI=1S/C20H13ClF3N3/c21-13-7-4-8-14(11-13)27-19(25)17(18(26-27)20(22,23)24)16-10-3-6-12-5-1-2-9-15(12)16/h1-11H,25H2. The maximum Gasteiger partial charge on any atom is 0.435 e. The number of rotatable bonds is 2. The van der Waals surface area contributed by atoms with E-state index in [2.05, 4.69) is 5.10 Å². The monoisotopic (exact) mass is 387 g/mol. The molecule has 1 heterocycles. The normalized spacial score (nSPS) is 11.9. The SMILES string of the molecule is Nc1c(-c2cccc3ccccc23)c(C(F)(F)F)nn1-c1cccc(Cl)c1. The highest BCUT2D eigenvalue weighted by Crippen LogP contribution is 2.43. The van der Waals surface area contributed by atoms with Gasteiger partial charge in [0, 0.05) is 5.02 Å². The zero-order valence-electron chi connectivity index (χ0n) is 13.8. The van der Waals surface area contributed by atoms with Gasteiger partial charge in [0.05, 0.1) is 11.3 Å². The molecule has 0 aliphatic heterocycles. The third-order valence-electron chi connectivity index (χ3n) is 4.30. The summed E-state index contributed by atoms with van der Waals surface area (Å²) in [5.41, 5.74) is 5.73. The van der Waals surface area contributed by atoms with Crippen molar-refractivity contribution in [3.8, 4) is 16.8 Å². The Morgan fingerprint density at radius 2 is 1.63 bits per heavy atom. The van der Waals surface area contributed by atoms with Gasteiger partial charge >= 0.3 is 6.18 Å². The van der Waals surface area contributed by atoms with Crippen molar-refractivity contribution < 1.29 is 13.2 Å². The van der Waals surface area contributed by atoms with E-state index in [1.807, 2.05) is 18.2 Å². The highest BCUT2D eigenvalue weighted by Gasteiger charge is 2.40. The molecular formula is C20H13ClF3N3. The van der Waals surface area contributed by atoms with E-state index in [9.17, 15) is 13.2 Å². The highest BCUT2D eigenvalue weighted by molar-refractivity contribution is 6.30.